The van der Waals surface area contributed by atoms with Gasteiger partial charge in [0.1, 0.15) is 34.4 Å². The molecule has 0 aliphatic carbocycles. The summed E-state index contributed by atoms with van der Waals surface area (Å²) in [5.41, 5.74) is 14.9. The Kier molecular flexibility index (Phi) is 6.92. The van der Waals surface area contributed by atoms with E-state index >= 15 is 0 Å². The number of anilines is 1. The van der Waals surface area contributed by atoms with Crippen molar-refractivity contribution in [2.24, 2.45) is 5.73 Å². The summed E-state index contributed by atoms with van der Waals surface area (Å²) in [6, 6.07) is 5.17. The zero-order chi connectivity index (χ0) is 23.3. The molecule has 2 aromatic rings. The molecule has 1 aliphatic heterocycles. The third-order valence-electron chi connectivity index (χ3n) is 4.88. The Balaban J connectivity index is 1.96. The first-order valence-electron chi connectivity index (χ1n) is 9.74. The fraction of sp³-hybridized carbons (Fsp3) is 0.273. The zero-order valence-electron chi connectivity index (χ0n) is 17.8. The first kappa shape index (κ1) is 22.6. The monoisotopic (exact) mass is 436 g/mol. The van der Waals surface area contributed by atoms with Crippen LogP contribution in [-0.2, 0) is 4.79 Å². The van der Waals surface area contributed by atoms with Crippen molar-refractivity contribution in [3.8, 4) is 23.3 Å². The molecule has 10 nitrogen and oxygen atoms in total. The van der Waals surface area contributed by atoms with E-state index < -0.39 is 5.91 Å². The Bertz CT molecular complexity index is 1100. The van der Waals surface area contributed by atoms with Crippen LogP contribution in [0.4, 0.5) is 5.82 Å². The zero-order valence-corrected chi connectivity index (χ0v) is 17.8. The number of hydrazine groups is 1. The Morgan fingerprint density at radius 3 is 2.50 bits per heavy atom. The number of rotatable bonds is 6. The first-order valence-corrected chi connectivity index (χ1v) is 9.74. The van der Waals surface area contributed by atoms with Gasteiger partial charge in [-0.2, -0.15) is 0 Å². The van der Waals surface area contributed by atoms with Gasteiger partial charge < -0.3 is 20.9 Å². The summed E-state index contributed by atoms with van der Waals surface area (Å²) in [6.45, 7) is 4.53. The number of methoxy groups -OCH3 is 2. The van der Waals surface area contributed by atoms with Crippen molar-refractivity contribution >= 4 is 17.6 Å². The number of nitrogens with two attached hydrogens (primary N) is 2. The van der Waals surface area contributed by atoms with Crippen molar-refractivity contribution in [3.05, 3.63) is 53.5 Å². The van der Waals surface area contributed by atoms with Gasteiger partial charge in [-0.3, -0.25) is 15.0 Å². The highest BCUT2D eigenvalue weighted by Crippen LogP contribution is 2.26. The van der Waals surface area contributed by atoms with Crippen molar-refractivity contribution in [1.82, 2.24) is 20.4 Å². The highest BCUT2D eigenvalue weighted by atomic mass is 16.5. The molecule has 5 N–H and O–H groups in total. The highest BCUT2D eigenvalue weighted by Gasteiger charge is 2.28. The van der Waals surface area contributed by atoms with Crippen molar-refractivity contribution < 1.29 is 19.1 Å². The van der Waals surface area contributed by atoms with E-state index in [9.17, 15) is 9.59 Å². The van der Waals surface area contributed by atoms with Gasteiger partial charge in [-0.05, 0) is 30.6 Å². The van der Waals surface area contributed by atoms with Gasteiger partial charge in [-0.25, -0.2) is 15.0 Å². The van der Waals surface area contributed by atoms with E-state index in [0.717, 1.165) is 0 Å². The van der Waals surface area contributed by atoms with Gasteiger partial charge in [0, 0.05) is 30.6 Å². The summed E-state index contributed by atoms with van der Waals surface area (Å²) in [7, 11) is 3.08. The lowest BCUT2D eigenvalue weighted by Crippen LogP contribution is -2.39. The number of primary amides is 1. The Morgan fingerprint density at radius 1 is 1.22 bits per heavy atom. The number of carbonyl (C=O) groups is 2. The van der Waals surface area contributed by atoms with Gasteiger partial charge in [0.15, 0.2) is 0 Å². The van der Waals surface area contributed by atoms with E-state index in [2.05, 4.69) is 33.8 Å². The molecule has 1 atom stereocenters. The number of carbonyl (C=O) groups excluding carboxylic acids is 2. The summed E-state index contributed by atoms with van der Waals surface area (Å²) in [6.07, 6.45) is 1.89. The number of nitrogen functional groups attached to an aromatic ring is 1. The van der Waals surface area contributed by atoms with E-state index in [1.165, 1.54) is 20.3 Å². The third kappa shape index (κ3) is 5.14. The number of ether oxygens (including phenoxy) is 2. The molecular weight excluding hydrogens is 412 g/mol. The molecule has 1 saturated heterocycles. The van der Waals surface area contributed by atoms with Crippen LogP contribution in [0.25, 0.3) is 0 Å². The van der Waals surface area contributed by atoms with E-state index in [-0.39, 0.29) is 28.9 Å². The summed E-state index contributed by atoms with van der Waals surface area (Å²) in [5.74, 6) is 6.18. The number of amides is 2. The lowest BCUT2D eigenvalue weighted by Gasteiger charge is -2.16. The first-order chi connectivity index (χ1) is 15.3. The minimum atomic E-state index is -0.770. The van der Waals surface area contributed by atoms with E-state index in [1.54, 1.807) is 23.2 Å². The molecule has 32 heavy (non-hydrogen) atoms. The number of nitrogens with zero attached hydrogens (tertiary/aromatic N) is 3. The summed E-state index contributed by atoms with van der Waals surface area (Å²) < 4.78 is 10.5. The predicted molar refractivity (Wildman–Crippen MR) is 118 cm³/mol. The molecule has 2 amide bonds. The van der Waals surface area contributed by atoms with Crippen molar-refractivity contribution in [2.75, 3.05) is 33.0 Å². The molecule has 2 heterocycles. The average molecular weight is 436 g/mol. The van der Waals surface area contributed by atoms with Gasteiger partial charge in [0.2, 0.25) is 0 Å². The Morgan fingerprint density at radius 2 is 1.91 bits per heavy atom. The lowest BCUT2D eigenvalue weighted by molar-refractivity contribution is -0.120. The van der Waals surface area contributed by atoms with Crippen LogP contribution in [0.15, 0.2) is 30.9 Å². The van der Waals surface area contributed by atoms with Crippen LogP contribution in [0.1, 0.15) is 39.8 Å². The number of aromatic nitrogens is 2. The molecule has 0 radical (unpaired) electrons. The number of hydrogen-bond donors (Lipinski definition) is 3. The van der Waals surface area contributed by atoms with Crippen molar-refractivity contribution in [2.45, 2.75) is 12.3 Å². The predicted octanol–water partition coefficient (Wildman–Crippen LogP) is 0.581. The molecule has 10 heteroatoms. The van der Waals surface area contributed by atoms with Gasteiger partial charge in [-0.1, -0.05) is 12.5 Å². The quantitative estimate of drug-likeness (QED) is 0.440. The largest absolute Gasteiger partial charge is 0.497 e. The minimum Gasteiger partial charge on any atom is -0.497 e. The Hall–Kier alpha value is -4.10. The van der Waals surface area contributed by atoms with Crippen molar-refractivity contribution in [1.29, 1.82) is 0 Å². The smallest absolute Gasteiger partial charge is 0.257 e. The molecule has 166 valence electrons. The van der Waals surface area contributed by atoms with Crippen LogP contribution < -0.4 is 26.4 Å². The van der Waals surface area contributed by atoms with E-state index in [1.807, 2.05) is 0 Å². The van der Waals surface area contributed by atoms with E-state index in [4.69, 9.17) is 20.9 Å². The molecule has 1 aromatic carbocycles. The maximum absolute atomic E-state index is 12.0. The van der Waals surface area contributed by atoms with Crippen LogP contribution in [0, 0.1) is 11.8 Å². The molecule has 1 fully saturated rings. The molecule has 0 saturated carbocycles. The fourth-order valence-corrected chi connectivity index (χ4v) is 3.30. The third-order valence-corrected chi connectivity index (χ3v) is 4.88. The summed E-state index contributed by atoms with van der Waals surface area (Å²) in [4.78, 5) is 32.3. The lowest BCUT2D eigenvalue weighted by atomic mass is 10.1. The van der Waals surface area contributed by atoms with Crippen LogP contribution in [0.5, 0.6) is 11.5 Å². The van der Waals surface area contributed by atoms with Gasteiger partial charge in [0.05, 0.1) is 14.2 Å². The fourth-order valence-electron chi connectivity index (χ4n) is 3.30. The number of hydrogen-bond acceptors (Lipinski definition) is 8. The number of benzene rings is 1. The van der Waals surface area contributed by atoms with Gasteiger partial charge in [-0.15, -0.1) is 0 Å². The average Bonchev–Trinajstić information content (AvgIpc) is 3.24. The SMILES string of the molecule is C=CC(=O)NN1CC[C@H](c2nc(N)c(C(N)=O)c(C#Cc3cc(OC)cc(OC)c3)n2)C1. The second-order valence-electron chi connectivity index (χ2n) is 7.02. The summed E-state index contributed by atoms with van der Waals surface area (Å²) in [5, 5.41) is 1.75. The van der Waals surface area contributed by atoms with Gasteiger partial charge >= 0.3 is 0 Å². The maximum Gasteiger partial charge on any atom is 0.257 e. The van der Waals surface area contributed by atoms with Crippen LogP contribution >= 0.6 is 0 Å². The van der Waals surface area contributed by atoms with Crippen LogP contribution in [-0.4, -0.2) is 54.1 Å². The molecule has 0 unspecified atom stereocenters. The second-order valence-corrected chi connectivity index (χ2v) is 7.02. The molecule has 0 spiro atoms. The van der Waals surface area contributed by atoms with Crippen LogP contribution in [0.3, 0.4) is 0 Å². The molecule has 0 bridgehead atoms. The summed E-state index contributed by atoms with van der Waals surface area (Å²) >= 11 is 0. The molecular formula is C22H24N6O4. The van der Waals surface area contributed by atoms with Gasteiger partial charge in [0.25, 0.3) is 11.8 Å². The topological polar surface area (TPSA) is 146 Å². The van der Waals surface area contributed by atoms with E-state index in [0.29, 0.717) is 42.4 Å². The number of nitrogens with one attached hydrogen (secondary N) is 1. The molecule has 1 aromatic heterocycles. The highest BCUT2D eigenvalue weighted by molar-refractivity contribution is 5.99. The second kappa shape index (κ2) is 9.80. The minimum absolute atomic E-state index is 0.0362. The molecule has 1 aliphatic rings. The van der Waals surface area contributed by atoms with Crippen LogP contribution in [0.2, 0.25) is 0 Å². The normalized spacial score (nSPS) is 15.4. The van der Waals surface area contributed by atoms with Crippen molar-refractivity contribution in [3.63, 3.8) is 0 Å². The Labute approximate surface area is 185 Å². The standard InChI is InChI=1S/C22H24N6O4/c1-4-18(29)27-28-8-7-14(12-28)22-25-17(19(21(24)30)20(23)26-22)6-5-13-9-15(31-2)11-16(10-13)32-3/h4,9-11,14H,1,7-8,12H2,2-3H3,(H2,24,30)(H,27,29)(H2,23,25,26)/t14-/m0/s1. The maximum atomic E-state index is 12.0. The molecule has 3 rings (SSSR count).